The average molecular weight is 467 g/mol. The molecule has 0 amide bonds. The van der Waals surface area contributed by atoms with Gasteiger partial charge in [-0.05, 0) is 61.1 Å². The fourth-order valence-electron chi connectivity index (χ4n) is 4.56. The molecule has 3 rings (SSSR count). The maximum atomic E-state index is 14.7. The summed E-state index contributed by atoms with van der Waals surface area (Å²) in [6.07, 6.45) is -1.64. The van der Waals surface area contributed by atoms with Gasteiger partial charge in [-0.25, -0.2) is 4.39 Å². The molecule has 174 valence electrons. The minimum Gasteiger partial charge on any atom is -0.367 e. The van der Waals surface area contributed by atoms with Crippen LogP contribution in [0.15, 0.2) is 48.6 Å². The maximum Gasteiger partial charge on any atom is 0.416 e. The third kappa shape index (κ3) is 5.49. The lowest BCUT2D eigenvalue weighted by molar-refractivity contribution is -0.137. The monoisotopic (exact) mass is 466 g/mol. The quantitative estimate of drug-likeness (QED) is 0.238. The van der Waals surface area contributed by atoms with Gasteiger partial charge in [0.2, 0.25) is 0 Å². The fourth-order valence-corrected chi connectivity index (χ4v) is 4.66. The van der Waals surface area contributed by atoms with E-state index in [0.29, 0.717) is 31.6 Å². The van der Waals surface area contributed by atoms with Gasteiger partial charge in [-0.15, -0.1) is 0 Å². The second-order valence-electron chi connectivity index (χ2n) is 8.52. The first-order valence-electron chi connectivity index (χ1n) is 10.9. The number of alkyl halides is 3. The number of hydrogen-bond acceptors (Lipinski definition) is 3. The molecule has 1 aliphatic carbocycles. The van der Waals surface area contributed by atoms with Crippen LogP contribution in [0, 0.1) is 5.82 Å². The number of thiol groups is 1. The molecule has 0 aromatic heterocycles. The number of benzene rings is 2. The summed E-state index contributed by atoms with van der Waals surface area (Å²) < 4.78 is 56.4. The molecule has 0 aliphatic heterocycles. The van der Waals surface area contributed by atoms with Crippen LogP contribution in [-0.2, 0) is 12.6 Å². The highest BCUT2D eigenvalue weighted by molar-refractivity contribution is 7.78. The zero-order valence-corrected chi connectivity index (χ0v) is 19.4. The summed E-state index contributed by atoms with van der Waals surface area (Å²) in [5, 5.41) is 0. The molecule has 7 heteroatoms. The van der Waals surface area contributed by atoms with E-state index in [1.807, 2.05) is 0 Å². The van der Waals surface area contributed by atoms with Gasteiger partial charge in [0.05, 0.1) is 11.3 Å². The van der Waals surface area contributed by atoms with E-state index >= 15 is 0 Å². The molecule has 2 unspecified atom stereocenters. The molecular weight excluding hydrogens is 436 g/mol. The molecular formula is C25H30F4N2S. The molecule has 2 nitrogen and oxygen atoms in total. The van der Waals surface area contributed by atoms with Crippen molar-refractivity contribution in [2.45, 2.75) is 51.1 Å². The van der Waals surface area contributed by atoms with E-state index in [0.717, 1.165) is 36.5 Å². The van der Waals surface area contributed by atoms with Gasteiger partial charge in [0.25, 0.3) is 0 Å². The Morgan fingerprint density at radius 1 is 1.25 bits per heavy atom. The van der Waals surface area contributed by atoms with Crippen molar-refractivity contribution in [2.75, 3.05) is 24.5 Å². The SMILES string of the molecule is C=C(C)C1CCc2ccc(C(CC)CN(CCNS)c3ccc(C(F)(F)F)cc3F)cc21. The highest BCUT2D eigenvalue weighted by Gasteiger charge is 2.32. The highest BCUT2D eigenvalue weighted by Crippen LogP contribution is 2.39. The Bertz CT molecular complexity index is 957. The van der Waals surface area contributed by atoms with Crippen molar-refractivity contribution >= 4 is 18.5 Å². The van der Waals surface area contributed by atoms with Crippen LogP contribution in [0.4, 0.5) is 23.2 Å². The van der Waals surface area contributed by atoms with Crippen LogP contribution in [-0.4, -0.2) is 19.6 Å². The predicted molar refractivity (Wildman–Crippen MR) is 126 cm³/mol. The zero-order valence-electron chi connectivity index (χ0n) is 18.5. The van der Waals surface area contributed by atoms with Crippen LogP contribution in [0.5, 0.6) is 0 Å². The lowest BCUT2D eigenvalue weighted by Crippen LogP contribution is -2.34. The summed E-state index contributed by atoms with van der Waals surface area (Å²) in [4.78, 5) is 1.80. The number of anilines is 1. The molecule has 0 saturated heterocycles. The fraction of sp³-hybridized carbons (Fsp3) is 0.440. The Balaban J connectivity index is 1.89. The molecule has 0 fully saturated rings. The number of allylic oxidation sites excluding steroid dienone is 1. The van der Waals surface area contributed by atoms with Gasteiger partial charge in [0, 0.05) is 31.5 Å². The Morgan fingerprint density at radius 2 is 2.00 bits per heavy atom. The highest BCUT2D eigenvalue weighted by atomic mass is 32.1. The third-order valence-corrected chi connectivity index (χ3v) is 6.58. The first-order chi connectivity index (χ1) is 15.2. The summed E-state index contributed by atoms with van der Waals surface area (Å²) >= 11 is 4.02. The van der Waals surface area contributed by atoms with Crippen molar-refractivity contribution < 1.29 is 17.6 Å². The van der Waals surface area contributed by atoms with Crippen molar-refractivity contribution in [1.82, 2.24) is 4.72 Å². The Morgan fingerprint density at radius 3 is 2.59 bits per heavy atom. The van der Waals surface area contributed by atoms with Crippen LogP contribution >= 0.6 is 12.8 Å². The topological polar surface area (TPSA) is 15.3 Å². The number of nitrogens with one attached hydrogen (secondary N) is 1. The molecule has 0 saturated carbocycles. The normalized spacial score (nSPS) is 16.7. The van der Waals surface area contributed by atoms with Crippen molar-refractivity contribution in [3.05, 3.63) is 76.6 Å². The largest absolute Gasteiger partial charge is 0.416 e. The summed E-state index contributed by atoms with van der Waals surface area (Å²) in [5.41, 5.74) is 4.17. The van der Waals surface area contributed by atoms with Gasteiger partial charge in [0.15, 0.2) is 0 Å². The number of aryl methyl sites for hydroxylation is 1. The van der Waals surface area contributed by atoms with Gasteiger partial charge in [0.1, 0.15) is 5.82 Å². The van der Waals surface area contributed by atoms with Gasteiger partial charge >= 0.3 is 6.18 Å². The zero-order chi connectivity index (χ0) is 23.5. The van der Waals surface area contributed by atoms with Crippen molar-refractivity contribution in [3.8, 4) is 0 Å². The molecule has 2 aromatic carbocycles. The molecule has 0 spiro atoms. The summed E-state index contributed by atoms with van der Waals surface area (Å²) in [5.74, 6) is -0.405. The van der Waals surface area contributed by atoms with E-state index in [2.05, 4.69) is 56.2 Å². The van der Waals surface area contributed by atoms with Crippen molar-refractivity contribution in [1.29, 1.82) is 0 Å². The molecule has 0 bridgehead atoms. The molecule has 32 heavy (non-hydrogen) atoms. The average Bonchev–Trinajstić information content (AvgIpc) is 3.17. The number of nitrogens with zero attached hydrogens (tertiary/aromatic N) is 1. The Kier molecular flexibility index (Phi) is 7.93. The molecule has 1 aliphatic rings. The number of fused-ring (bicyclic) bond motifs is 1. The Labute approximate surface area is 193 Å². The van der Waals surface area contributed by atoms with E-state index in [1.54, 1.807) is 4.90 Å². The van der Waals surface area contributed by atoms with Crippen LogP contribution in [0.2, 0.25) is 0 Å². The second-order valence-corrected chi connectivity index (χ2v) is 8.84. The molecule has 2 aromatic rings. The van der Waals surface area contributed by atoms with Crippen LogP contribution in [0.25, 0.3) is 0 Å². The lowest BCUT2D eigenvalue weighted by atomic mass is 9.89. The second kappa shape index (κ2) is 10.3. The van der Waals surface area contributed by atoms with Crippen molar-refractivity contribution in [2.24, 2.45) is 0 Å². The first-order valence-corrected chi connectivity index (χ1v) is 11.4. The first kappa shape index (κ1) is 24.6. The molecule has 0 radical (unpaired) electrons. The van der Waals surface area contributed by atoms with Crippen LogP contribution in [0.1, 0.15) is 60.8 Å². The number of halogens is 4. The van der Waals surface area contributed by atoms with Gasteiger partial charge in [-0.2, -0.15) is 13.2 Å². The molecule has 1 N–H and O–H groups in total. The lowest BCUT2D eigenvalue weighted by Gasteiger charge is -2.30. The predicted octanol–water partition coefficient (Wildman–Crippen LogP) is 6.89. The van der Waals surface area contributed by atoms with Gasteiger partial charge < -0.3 is 4.90 Å². The van der Waals surface area contributed by atoms with Crippen LogP contribution in [0.3, 0.4) is 0 Å². The van der Waals surface area contributed by atoms with Gasteiger partial charge in [-0.1, -0.05) is 50.1 Å². The Hall–Kier alpha value is -1.99. The van der Waals surface area contributed by atoms with E-state index in [1.165, 1.54) is 17.2 Å². The van der Waals surface area contributed by atoms with Crippen molar-refractivity contribution in [3.63, 3.8) is 0 Å². The van der Waals surface area contributed by atoms with Crippen LogP contribution < -0.4 is 9.62 Å². The van der Waals surface area contributed by atoms with E-state index in [4.69, 9.17) is 0 Å². The summed E-state index contributed by atoms with van der Waals surface area (Å²) in [7, 11) is 0. The van der Waals surface area contributed by atoms with E-state index in [9.17, 15) is 17.6 Å². The molecule has 2 atom stereocenters. The standard InChI is InChI=1S/C25H30F4N2S/c1-4-17(19-6-5-18-7-9-21(16(2)3)22(18)13-19)15-31(12-11-30-32)24-10-8-20(14-23(24)26)25(27,28)29/h5-6,8,10,13-14,17,21,30,32H,2,4,7,9,11-12,15H2,1,3H3. The number of hydrogen-bond donors (Lipinski definition) is 2. The van der Waals surface area contributed by atoms with E-state index < -0.39 is 17.6 Å². The van der Waals surface area contributed by atoms with E-state index in [-0.39, 0.29) is 11.6 Å². The van der Waals surface area contributed by atoms with Gasteiger partial charge in [-0.3, -0.25) is 4.72 Å². The minimum absolute atomic E-state index is 0.105. The third-order valence-electron chi connectivity index (χ3n) is 6.36. The smallest absolute Gasteiger partial charge is 0.367 e. The summed E-state index contributed by atoms with van der Waals surface area (Å²) in [6, 6.07) is 9.29. The minimum atomic E-state index is -4.58. The summed E-state index contributed by atoms with van der Waals surface area (Å²) in [6.45, 7) is 9.65. The molecule has 0 heterocycles. The number of rotatable bonds is 9. The maximum absolute atomic E-state index is 14.7.